The maximum absolute atomic E-state index is 13.7. The lowest BCUT2D eigenvalue weighted by atomic mass is 9.84. The number of rotatable bonds is 6. The van der Waals surface area contributed by atoms with Crippen LogP contribution < -0.4 is 10.3 Å². The van der Waals surface area contributed by atoms with E-state index in [2.05, 4.69) is 22.7 Å². The van der Waals surface area contributed by atoms with Crippen LogP contribution in [-0.4, -0.2) is 27.8 Å². The van der Waals surface area contributed by atoms with E-state index in [1.165, 1.54) is 49.8 Å². The minimum Gasteiger partial charge on any atom is -0.505 e. The summed E-state index contributed by atoms with van der Waals surface area (Å²) < 4.78 is 0. The zero-order valence-electron chi connectivity index (χ0n) is 21.9. The van der Waals surface area contributed by atoms with Crippen LogP contribution >= 0.6 is 0 Å². The van der Waals surface area contributed by atoms with Crippen molar-refractivity contribution in [1.82, 2.24) is 0 Å². The summed E-state index contributed by atoms with van der Waals surface area (Å²) >= 11 is 0. The Morgan fingerprint density at radius 3 is 2.35 bits per heavy atom. The number of benzene rings is 4. The molecule has 1 heterocycles. The average molecular weight is 532 g/mol. The number of carboxylic acids is 1. The highest BCUT2D eigenvalue weighted by molar-refractivity contribution is 6.55. The molecule has 2 aliphatic rings. The third kappa shape index (κ3) is 4.71. The van der Waals surface area contributed by atoms with Crippen molar-refractivity contribution in [2.75, 3.05) is 10.3 Å². The summed E-state index contributed by atoms with van der Waals surface area (Å²) in [6.07, 6.45) is 6.28. The van der Waals surface area contributed by atoms with Crippen molar-refractivity contribution in [2.45, 2.75) is 38.0 Å². The number of hydrazone groups is 1. The quantitative estimate of drug-likeness (QED) is 0.179. The van der Waals surface area contributed by atoms with Crippen molar-refractivity contribution in [2.24, 2.45) is 5.10 Å². The molecule has 0 unspecified atom stereocenters. The molecule has 0 bridgehead atoms. The lowest BCUT2D eigenvalue weighted by Gasteiger charge is -2.23. The number of fused-ring (bicyclic) bond motifs is 1. The Kier molecular flexibility index (Phi) is 6.78. The zero-order chi connectivity index (χ0) is 27.6. The third-order valence-corrected chi connectivity index (χ3v) is 7.78. The number of nitrogens with zero attached hydrogens (tertiary/aromatic N) is 2. The van der Waals surface area contributed by atoms with E-state index in [-0.39, 0.29) is 22.9 Å². The first-order chi connectivity index (χ1) is 19.5. The molecular weight excluding hydrogens is 502 g/mol. The highest BCUT2D eigenvalue weighted by atomic mass is 16.4. The van der Waals surface area contributed by atoms with E-state index in [1.807, 2.05) is 36.4 Å². The number of carboxylic acid groups (broad SMARTS) is 1. The number of hydrogen-bond donors (Lipinski definition) is 3. The van der Waals surface area contributed by atoms with E-state index >= 15 is 0 Å². The molecule has 7 heteroatoms. The molecule has 0 spiro atoms. The van der Waals surface area contributed by atoms with Crippen molar-refractivity contribution < 1.29 is 19.8 Å². The number of phenolic OH excluding ortho intramolecular Hbond substituents is 1. The summed E-state index contributed by atoms with van der Waals surface area (Å²) in [5.74, 6) is -0.818. The Labute approximate surface area is 232 Å². The van der Waals surface area contributed by atoms with E-state index in [1.54, 1.807) is 35.2 Å². The molecule has 40 heavy (non-hydrogen) atoms. The van der Waals surface area contributed by atoms with Gasteiger partial charge in [0.05, 0.1) is 16.9 Å². The highest BCUT2D eigenvalue weighted by Crippen LogP contribution is 2.39. The lowest BCUT2D eigenvalue weighted by Crippen LogP contribution is -2.26. The number of carbonyl (C=O) groups excluding carboxylic acids is 1. The molecule has 4 aromatic carbocycles. The van der Waals surface area contributed by atoms with Gasteiger partial charge >= 0.3 is 5.97 Å². The van der Waals surface area contributed by atoms with Gasteiger partial charge in [0, 0.05) is 16.8 Å². The van der Waals surface area contributed by atoms with Gasteiger partial charge in [0.2, 0.25) is 0 Å². The van der Waals surface area contributed by atoms with E-state index in [0.717, 1.165) is 11.4 Å². The van der Waals surface area contributed by atoms with Crippen LogP contribution in [0.25, 0.3) is 11.1 Å². The molecule has 0 radical (unpaired) electrons. The van der Waals surface area contributed by atoms with Crippen LogP contribution in [0.3, 0.4) is 0 Å². The Balaban J connectivity index is 1.29. The molecule has 0 aromatic heterocycles. The fourth-order valence-corrected chi connectivity index (χ4v) is 5.70. The number of amides is 1. The van der Waals surface area contributed by atoms with Crippen LogP contribution in [0.5, 0.6) is 5.75 Å². The maximum atomic E-state index is 13.7. The SMILES string of the molecule is O=C(O)c1cccc(-c2cccc(NN=C3C(=O)N(c4ccc(C5CCCCC5)cc4)c4ccccc43)c2O)c1. The number of aromatic hydroxyl groups is 1. The molecular formula is C33H29N3O4. The second-order valence-corrected chi connectivity index (χ2v) is 10.2. The molecule has 1 amide bonds. The van der Waals surface area contributed by atoms with Gasteiger partial charge in [-0.2, -0.15) is 5.10 Å². The minimum absolute atomic E-state index is 0.0942. The highest BCUT2D eigenvalue weighted by Gasteiger charge is 2.35. The number of nitrogens with one attached hydrogen (secondary N) is 1. The van der Waals surface area contributed by atoms with Crippen LogP contribution in [0.4, 0.5) is 17.1 Å². The van der Waals surface area contributed by atoms with Gasteiger partial charge in [-0.15, -0.1) is 0 Å². The predicted octanol–water partition coefficient (Wildman–Crippen LogP) is 7.30. The first-order valence-electron chi connectivity index (χ1n) is 13.5. The molecule has 1 saturated carbocycles. The second-order valence-electron chi connectivity index (χ2n) is 10.2. The fourth-order valence-electron chi connectivity index (χ4n) is 5.70. The van der Waals surface area contributed by atoms with Gasteiger partial charge in [0.1, 0.15) is 5.75 Å². The smallest absolute Gasteiger partial charge is 0.335 e. The number of carbonyl (C=O) groups is 2. The molecule has 0 atom stereocenters. The fraction of sp³-hybridized carbons (Fsp3) is 0.182. The van der Waals surface area contributed by atoms with E-state index < -0.39 is 5.97 Å². The van der Waals surface area contributed by atoms with Crippen molar-refractivity contribution >= 4 is 34.7 Å². The Hall–Kier alpha value is -4.91. The summed E-state index contributed by atoms with van der Waals surface area (Å²) in [5.41, 5.74) is 8.09. The molecule has 0 saturated heterocycles. The number of para-hydroxylation sites is 2. The van der Waals surface area contributed by atoms with Crippen LogP contribution in [0.15, 0.2) is 96.1 Å². The zero-order valence-corrected chi connectivity index (χ0v) is 21.9. The van der Waals surface area contributed by atoms with E-state index in [9.17, 15) is 19.8 Å². The molecule has 6 rings (SSSR count). The number of hydrogen-bond acceptors (Lipinski definition) is 5. The van der Waals surface area contributed by atoms with Crippen LogP contribution in [0, 0.1) is 0 Å². The third-order valence-electron chi connectivity index (χ3n) is 7.78. The Bertz CT molecular complexity index is 1620. The Morgan fingerprint density at radius 1 is 0.850 bits per heavy atom. The van der Waals surface area contributed by atoms with Gasteiger partial charge in [-0.25, -0.2) is 4.79 Å². The summed E-state index contributed by atoms with van der Waals surface area (Å²) in [7, 11) is 0. The van der Waals surface area contributed by atoms with Crippen molar-refractivity contribution in [1.29, 1.82) is 0 Å². The molecule has 1 fully saturated rings. The largest absolute Gasteiger partial charge is 0.505 e. The average Bonchev–Trinajstić information content (AvgIpc) is 3.28. The van der Waals surface area contributed by atoms with Gasteiger partial charge in [-0.3, -0.25) is 15.1 Å². The van der Waals surface area contributed by atoms with Gasteiger partial charge in [-0.05, 0) is 66.3 Å². The normalized spacial score (nSPS) is 16.2. The lowest BCUT2D eigenvalue weighted by molar-refractivity contribution is -0.111. The van der Waals surface area contributed by atoms with Crippen LogP contribution in [-0.2, 0) is 4.79 Å². The van der Waals surface area contributed by atoms with Gasteiger partial charge in [0.25, 0.3) is 5.91 Å². The first kappa shape index (κ1) is 25.4. The minimum atomic E-state index is -1.05. The number of phenols is 1. The van der Waals surface area contributed by atoms with E-state index in [0.29, 0.717) is 28.3 Å². The van der Waals surface area contributed by atoms with Crippen molar-refractivity contribution in [3.63, 3.8) is 0 Å². The summed E-state index contributed by atoms with van der Waals surface area (Å²) in [4.78, 5) is 26.8. The molecule has 7 nitrogen and oxygen atoms in total. The first-order valence-corrected chi connectivity index (χ1v) is 13.5. The maximum Gasteiger partial charge on any atom is 0.335 e. The summed E-state index contributed by atoms with van der Waals surface area (Å²) in [6.45, 7) is 0. The van der Waals surface area contributed by atoms with Crippen molar-refractivity contribution in [3.05, 3.63) is 108 Å². The monoisotopic (exact) mass is 531 g/mol. The topological polar surface area (TPSA) is 102 Å². The summed E-state index contributed by atoms with van der Waals surface area (Å²) in [5, 5.41) is 24.8. The molecule has 1 aliphatic heterocycles. The number of aromatic carboxylic acids is 1. The van der Waals surface area contributed by atoms with Gasteiger partial charge in [0.15, 0.2) is 5.71 Å². The molecule has 4 aromatic rings. The van der Waals surface area contributed by atoms with Crippen molar-refractivity contribution in [3.8, 4) is 16.9 Å². The van der Waals surface area contributed by atoms with E-state index in [4.69, 9.17) is 0 Å². The van der Waals surface area contributed by atoms with Crippen LogP contribution in [0.1, 0.15) is 59.5 Å². The Morgan fingerprint density at radius 2 is 1.57 bits per heavy atom. The number of anilines is 3. The summed E-state index contributed by atoms with van der Waals surface area (Å²) in [6, 6.07) is 27.2. The second kappa shape index (κ2) is 10.7. The predicted molar refractivity (Wildman–Crippen MR) is 157 cm³/mol. The molecule has 1 aliphatic carbocycles. The van der Waals surface area contributed by atoms with Crippen LogP contribution in [0.2, 0.25) is 0 Å². The standard InChI is InChI=1S/C33H29N3O4/c37-31-26(23-10-6-11-24(20-23)33(39)40)13-7-14-28(31)34-35-30-27-12-4-5-15-29(27)36(32(30)38)25-18-16-22(17-19-25)21-8-2-1-3-9-21/h4-7,10-21,34,37H,1-3,8-9H2,(H,39,40). The van der Waals surface area contributed by atoms with Gasteiger partial charge < -0.3 is 10.2 Å². The molecule has 3 N–H and O–H groups in total. The van der Waals surface area contributed by atoms with Gasteiger partial charge in [-0.1, -0.05) is 73.9 Å². The molecule has 200 valence electrons.